The summed E-state index contributed by atoms with van der Waals surface area (Å²) in [6.45, 7) is 1.97. The van der Waals surface area contributed by atoms with E-state index < -0.39 is 5.97 Å². The molecule has 17 heavy (non-hydrogen) atoms. The Balaban J connectivity index is 0.000000171. The van der Waals surface area contributed by atoms with Gasteiger partial charge in [0, 0.05) is 18.6 Å². The number of imidazole rings is 1. The van der Waals surface area contributed by atoms with Gasteiger partial charge < -0.3 is 9.67 Å². The number of carboxylic acid groups (broad SMARTS) is 1. The predicted octanol–water partition coefficient (Wildman–Crippen LogP) is 2.76. The van der Waals surface area contributed by atoms with E-state index in [0.717, 1.165) is 0 Å². The summed E-state index contributed by atoms with van der Waals surface area (Å²) in [5, 5.41) is 8.38. The summed E-state index contributed by atoms with van der Waals surface area (Å²) in [6.07, 6.45) is 9.29. The molecule has 1 heterocycles. The van der Waals surface area contributed by atoms with Crippen molar-refractivity contribution < 1.29 is 9.90 Å². The van der Waals surface area contributed by atoms with Crippen LogP contribution in [0.4, 0.5) is 0 Å². The third-order valence-corrected chi connectivity index (χ3v) is 1.87. The molecule has 2 aromatic rings. The van der Waals surface area contributed by atoms with Gasteiger partial charge in [0.05, 0.1) is 11.9 Å². The monoisotopic (exact) mass is 230 g/mol. The number of aromatic carboxylic acids is 1. The standard InChI is InChI=1S/C7H6O2.C6H8N2/c8-7(9)6-4-2-1-3-5-6;1-2-4-8-5-3-7-6-8/h1-5H,(H,8,9);2-6H,1H3. The molecule has 4 nitrogen and oxygen atoms in total. The number of benzene rings is 1. The van der Waals surface area contributed by atoms with Crippen molar-refractivity contribution >= 4 is 12.2 Å². The van der Waals surface area contributed by atoms with E-state index in [-0.39, 0.29) is 0 Å². The van der Waals surface area contributed by atoms with Gasteiger partial charge in [0.1, 0.15) is 0 Å². The van der Waals surface area contributed by atoms with Crippen molar-refractivity contribution in [2.45, 2.75) is 6.92 Å². The zero-order valence-corrected chi connectivity index (χ0v) is 9.52. The number of hydrogen-bond donors (Lipinski definition) is 1. The lowest BCUT2D eigenvalue weighted by molar-refractivity contribution is 0.0697. The second kappa shape index (κ2) is 7.00. The number of carbonyl (C=O) groups is 1. The van der Waals surface area contributed by atoms with Gasteiger partial charge in [-0.15, -0.1) is 0 Å². The largest absolute Gasteiger partial charge is 0.478 e. The van der Waals surface area contributed by atoms with E-state index in [1.807, 2.05) is 30.0 Å². The Labute approximate surface area is 99.9 Å². The smallest absolute Gasteiger partial charge is 0.335 e. The first kappa shape index (κ1) is 12.7. The first-order chi connectivity index (χ1) is 8.24. The summed E-state index contributed by atoms with van der Waals surface area (Å²) in [5.74, 6) is -0.879. The van der Waals surface area contributed by atoms with E-state index in [1.54, 1.807) is 42.9 Å². The Bertz CT molecular complexity index is 461. The van der Waals surface area contributed by atoms with Gasteiger partial charge in [0.2, 0.25) is 0 Å². The summed E-state index contributed by atoms with van der Waals surface area (Å²) >= 11 is 0. The summed E-state index contributed by atoms with van der Waals surface area (Å²) in [4.78, 5) is 14.1. The maximum atomic E-state index is 10.2. The normalized spacial score (nSPS) is 9.71. The minimum absolute atomic E-state index is 0.331. The van der Waals surface area contributed by atoms with Crippen LogP contribution in [0.15, 0.2) is 55.1 Å². The molecule has 2 rings (SSSR count). The van der Waals surface area contributed by atoms with Crippen LogP contribution in [0.25, 0.3) is 6.20 Å². The Kier molecular flexibility index (Phi) is 5.24. The molecule has 1 N–H and O–H groups in total. The van der Waals surface area contributed by atoms with E-state index in [9.17, 15) is 4.79 Å². The Morgan fingerprint density at radius 2 is 2.06 bits per heavy atom. The van der Waals surface area contributed by atoms with E-state index in [2.05, 4.69) is 4.98 Å². The number of carboxylic acids is 1. The molecule has 0 radical (unpaired) electrons. The van der Waals surface area contributed by atoms with Gasteiger partial charge in [0.15, 0.2) is 0 Å². The highest BCUT2D eigenvalue weighted by atomic mass is 16.4. The third-order valence-electron chi connectivity index (χ3n) is 1.87. The van der Waals surface area contributed by atoms with E-state index in [1.165, 1.54) is 0 Å². The molecule has 4 heteroatoms. The molecule has 1 aromatic heterocycles. The number of hydrogen-bond acceptors (Lipinski definition) is 2. The molecule has 0 amide bonds. The molecule has 1 aromatic carbocycles. The fourth-order valence-electron chi connectivity index (χ4n) is 1.11. The molecular weight excluding hydrogens is 216 g/mol. The lowest BCUT2D eigenvalue weighted by atomic mass is 10.2. The summed E-state index contributed by atoms with van der Waals surface area (Å²) in [5.41, 5.74) is 0.331. The number of nitrogens with zero attached hydrogens (tertiary/aromatic N) is 2. The fraction of sp³-hybridized carbons (Fsp3) is 0.0769. The average molecular weight is 230 g/mol. The van der Waals surface area contributed by atoms with Gasteiger partial charge >= 0.3 is 5.97 Å². The minimum Gasteiger partial charge on any atom is -0.478 e. The van der Waals surface area contributed by atoms with Gasteiger partial charge in [0.25, 0.3) is 0 Å². The first-order valence-corrected chi connectivity index (χ1v) is 5.12. The topological polar surface area (TPSA) is 55.1 Å². The van der Waals surface area contributed by atoms with Crippen LogP contribution in [0, 0.1) is 0 Å². The zero-order chi connectivity index (χ0) is 12.5. The number of rotatable bonds is 2. The van der Waals surface area contributed by atoms with Crippen LogP contribution >= 0.6 is 0 Å². The second-order valence-electron chi connectivity index (χ2n) is 3.16. The van der Waals surface area contributed by atoms with Gasteiger partial charge in [-0.1, -0.05) is 24.3 Å². The first-order valence-electron chi connectivity index (χ1n) is 5.12. The lowest BCUT2D eigenvalue weighted by Crippen LogP contribution is -1.93. The highest BCUT2D eigenvalue weighted by molar-refractivity contribution is 5.87. The van der Waals surface area contributed by atoms with Crippen molar-refractivity contribution in [3.63, 3.8) is 0 Å². The van der Waals surface area contributed by atoms with Crippen LogP contribution in [-0.2, 0) is 0 Å². The van der Waals surface area contributed by atoms with Crippen LogP contribution in [0.5, 0.6) is 0 Å². The quantitative estimate of drug-likeness (QED) is 0.863. The lowest BCUT2D eigenvalue weighted by Gasteiger charge is -1.88. The Morgan fingerprint density at radius 1 is 1.35 bits per heavy atom. The molecular formula is C13H14N2O2. The number of aromatic nitrogens is 2. The molecule has 0 aliphatic carbocycles. The minimum atomic E-state index is -0.879. The molecule has 0 saturated heterocycles. The summed E-state index contributed by atoms with van der Waals surface area (Å²) in [6, 6.07) is 8.30. The van der Waals surface area contributed by atoms with Gasteiger partial charge in [-0.25, -0.2) is 9.78 Å². The van der Waals surface area contributed by atoms with Crippen molar-refractivity contribution in [2.75, 3.05) is 0 Å². The number of allylic oxidation sites excluding steroid dienone is 1. The van der Waals surface area contributed by atoms with E-state index >= 15 is 0 Å². The van der Waals surface area contributed by atoms with Gasteiger partial charge in [-0.2, -0.15) is 0 Å². The van der Waals surface area contributed by atoms with Crippen LogP contribution in [0.2, 0.25) is 0 Å². The molecule has 0 saturated carbocycles. The molecule has 0 aliphatic heterocycles. The predicted molar refractivity (Wildman–Crippen MR) is 66.6 cm³/mol. The molecule has 0 bridgehead atoms. The third kappa shape index (κ3) is 4.79. The van der Waals surface area contributed by atoms with Crippen molar-refractivity contribution in [1.82, 2.24) is 9.55 Å². The SMILES string of the molecule is CC=Cn1ccnc1.O=C(O)c1ccccc1. The van der Waals surface area contributed by atoms with E-state index in [4.69, 9.17) is 5.11 Å². The van der Waals surface area contributed by atoms with Crippen molar-refractivity contribution in [1.29, 1.82) is 0 Å². The van der Waals surface area contributed by atoms with Crippen molar-refractivity contribution in [3.8, 4) is 0 Å². The molecule has 0 aliphatic rings. The molecule has 0 atom stereocenters. The van der Waals surface area contributed by atoms with Crippen LogP contribution in [0.3, 0.4) is 0 Å². The highest BCUT2D eigenvalue weighted by Gasteiger charge is 1.96. The van der Waals surface area contributed by atoms with Crippen LogP contribution in [-0.4, -0.2) is 20.6 Å². The maximum Gasteiger partial charge on any atom is 0.335 e. The van der Waals surface area contributed by atoms with Crippen LogP contribution < -0.4 is 0 Å². The molecule has 0 spiro atoms. The van der Waals surface area contributed by atoms with Crippen molar-refractivity contribution in [3.05, 3.63) is 60.7 Å². The summed E-state index contributed by atoms with van der Waals surface area (Å²) in [7, 11) is 0. The summed E-state index contributed by atoms with van der Waals surface area (Å²) < 4.78 is 1.89. The molecule has 88 valence electrons. The molecule has 0 unspecified atom stereocenters. The van der Waals surface area contributed by atoms with E-state index in [0.29, 0.717) is 5.56 Å². The molecule has 0 fully saturated rings. The average Bonchev–Trinajstić information content (AvgIpc) is 2.84. The maximum absolute atomic E-state index is 10.2. The Hall–Kier alpha value is -2.36. The second-order valence-corrected chi connectivity index (χ2v) is 3.16. The fourth-order valence-corrected chi connectivity index (χ4v) is 1.11. The van der Waals surface area contributed by atoms with Gasteiger partial charge in [-0.05, 0) is 19.1 Å². The highest BCUT2D eigenvalue weighted by Crippen LogP contribution is 1.96. The Morgan fingerprint density at radius 3 is 2.47 bits per heavy atom. The van der Waals surface area contributed by atoms with Crippen molar-refractivity contribution in [2.24, 2.45) is 0 Å². The zero-order valence-electron chi connectivity index (χ0n) is 9.52. The van der Waals surface area contributed by atoms with Crippen LogP contribution in [0.1, 0.15) is 17.3 Å². The van der Waals surface area contributed by atoms with Gasteiger partial charge in [-0.3, -0.25) is 0 Å².